The van der Waals surface area contributed by atoms with Gasteiger partial charge in [-0.25, -0.2) is 0 Å². The molecule has 0 amide bonds. The molecule has 4 heteroatoms. The van der Waals surface area contributed by atoms with Gasteiger partial charge in [0.05, 0.1) is 17.2 Å². The van der Waals surface area contributed by atoms with Gasteiger partial charge in [-0.2, -0.15) is 5.26 Å². The average molecular weight is 281 g/mol. The molecule has 3 nitrogen and oxygen atoms in total. The predicted octanol–water partition coefficient (Wildman–Crippen LogP) is 1.85. The van der Waals surface area contributed by atoms with Crippen LogP contribution in [0.3, 0.4) is 0 Å². The zero-order chi connectivity index (χ0) is 11.6. The van der Waals surface area contributed by atoms with Crippen molar-refractivity contribution >= 4 is 15.9 Å². The minimum absolute atomic E-state index is 0.101. The number of ether oxygens (including phenoxy) is 1. The number of halogens is 1. The van der Waals surface area contributed by atoms with Gasteiger partial charge in [-0.15, -0.1) is 0 Å². The standard InChI is InChI=1S/C12H13BrN2O/c1-16-12(7-15-8-12)5-10-4-9(6-14)2-3-11(10)13/h2-4,15H,5,7-8H2,1H3. The third-order valence-electron chi connectivity index (χ3n) is 3.01. The van der Waals surface area contributed by atoms with E-state index in [-0.39, 0.29) is 5.60 Å². The van der Waals surface area contributed by atoms with Gasteiger partial charge >= 0.3 is 0 Å². The summed E-state index contributed by atoms with van der Waals surface area (Å²) in [7, 11) is 1.74. The Morgan fingerprint density at radius 3 is 2.81 bits per heavy atom. The van der Waals surface area contributed by atoms with E-state index in [9.17, 15) is 0 Å². The molecule has 1 N–H and O–H groups in total. The molecule has 2 rings (SSSR count). The molecule has 0 saturated carbocycles. The Morgan fingerprint density at radius 2 is 2.31 bits per heavy atom. The number of methoxy groups -OCH3 is 1. The Kier molecular flexibility index (Phi) is 3.29. The molecular formula is C12H13BrN2O. The minimum atomic E-state index is -0.101. The van der Waals surface area contributed by atoms with Crippen molar-refractivity contribution in [2.24, 2.45) is 0 Å². The van der Waals surface area contributed by atoms with E-state index in [4.69, 9.17) is 10.00 Å². The molecule has 1 aliphatic rings. The van der Waals surface area contributed by atoms with Crippen LogP contribution in [0.15, 0.2) is 22.7 Å². The third-order valence-corrected chi connectivity index (χ3v) is 3.79. The number of hydrogen-bond donors (Lipinski definition) is 1. The van der Waals surface area contributed by atoms with Crippen LogP contribution in [-0.2, 0) is 11.2 Å². The van der Waals surface area contributed by atoms with Crippen molar-refractivity contribution in [2.45, 2.75) is 12.0 Å². The van der Waals surface area contributed by atoms with Crippen LogP contribution >= 0.6 is 15.9 Å². The molecule has 1 aliphatic heterocycles. The van der Waals surface area contributed by atoms with E-state index in [1.54, 1.807) is 7.11 Å². The fourth-order valence-corrected chi connectivity index (χ4v) is 2.26. The van der Waals surface area contributed by atoms with Crippen LogP contribution in [0.4, 0.5) is 0 Å². The highest BCUT2D eigenvalue weighted by atomic mass is 79.9. The molecule has 1 aromatic carbocycles. The lowest BCUT2D eigenvalue weighted by Gasteiger charge is -2.41. The van der Waals surface area contributed by atoms with Crippen LogP contribution in [0.2, 0.25) is 0 Å². The van der Waals surface area contributed by atoms with Gasteiger partial charge in [0, 0.05) is 31.1 Å². The molecule has 0 atom stereocenters. The Morgan fingerprint density at radius 1 is 1.56 bits per heavy atom. The highest BCUT2D eigenvalue weighted by molar-refractivity contribution is 9.10. The first kappa shape index (κ1) is 11.6. The smallest absolute Gasteiger partial charge is 0.0991 e. The van der Waals surface area contributed by atoms with Crippen molar-refractivity contribution in [3.05, 3.63) is 33.8 Å². The van der Waals surface area contributed by atoms with Gasteiger partial charge in [-0.3, -0.25) is 0 Å². The van der Waals surface area contributed by atoms with Gasteiger partial charge in [-0.1, -0.05) is 15.9 Å². The fourth-order valence-electron chi connectivity index (χ4n) is 1.87. The molecule has 16 heavy (non-hydrogen) atoms. The second-order valence-corrected chi connectivity index (χ2v) is 4.94. The Balaban J connectivity index is 2.23. The fraction of sp³-hybridized carbons (Fsp3) is 0.417. The van der Waals surface area contributed by atoms with Gasteiger partial charge in [-0.05, 0) is 23.8 Å². The Bertz CT molecular complexity index is 430. The summed E-state index contributed by atoms with van der Waals surface area (Å²) >= 11 is 3.51. The first-order valence-electron chi connectivity index (χ1n) is 5.13. The van der Waals surface area contributed by atoms with Gasteiger partial charge in [0.1, 0.15) is 0 Å². The average Bonchev–Trinajstić information content (AvgIpc) is 2.26. The molecule has 0 aromatic heterocycles. The van der Waals surface area contributed by atoms with Crippen LogP contribution < -0.4 is 5.32 Å². The number of nitrogens with one attached hydrogen (secondary N) is 1. The molecule has 84 valence electrons. The molecule has 0 spiro atoms. The molecule has 1 saturated heterocycles. The van der Waals surface area contributed by atoms with Crippen molar-refractivity contribution in [2.75, 3.05) is 20.2 Å². The summed E-state index contributed by atoms with van der Waals surface area (Å²) < 4.78 is 6.58. The van der Waals surface area contributed by atoms with Gasteiger partial charge in [0.2, 0.25) is 0 Å². The molecule has 1 heterocycles. The summed E-state index contributed by atoms with van der Waals surface area (Å²) in [6, 6.07) is 7.81. The van der Waals surface area contributed by atoms with Crippen LogP contribution in [0.1, 0.15) is 11.1 Å². The van der Waals surface area contributed by atoms with Crippen molar-refractivity contribution in [3.8, 4) is 6.07 Å². The number of rotatable bonds is 3. The zero-order valence-corrected chi connectivity index (χ0v) is 10.7. The first-order chi connectivity index (χ1) is 7.69. The maximum absolute atomic E-state index is 8.87. The summed E-state index contributed by atoms with van der Waals surface area (Å²) in [5.41, 5.74) is 1.72. The molecule has 0 radical (unpaired) electrons. The molecule has 0 bridgehead atoms. The lowest BCUT2D eigenvalue weighted by molar-refractivity contribution is -0.0503. The van der Waals surface area contributed by atoms with Gasteiger partial charge in [0.15, 0.2) is 0 Å². The third kappa shape index (κ3) is 2.12. The zero-order valence-electron chi connectivity index (χ0n) is 9.09. The number of hydrogen-bond acceptors (Lipinski definition) is 3. The highest BCUT2D eigenvalue weighted by Gasteiger charge is 2.37. The first-order valence-corrected chi connectivity index (χ1v) is 5.93. The van der Waals surface area contributed by atoms with Crippen LogP contribution in [0, 0.1) is 11.3 Å². The largest absolute Gasteiger partial charge is 0.375 e. The van der Waals surface area contributed by atoms with Crippen molar-refractivity contribution in [3.63, 3.8) is 0 Å². The van der Waals surface area contributed by atoms with Gasteiger partial charge in [0.25, 0.3) is 0 Å². The lowest BCUT2D eigenvalue weighted by Crippen LogP contribution is -2.61. The number of nitriles is 1. The molecule has 0 unspecified atom stereocenters. The van der Waals surface area contributed by atoms with E-state index in [0.717, 1.165) is 29.5 Å². The molecule has 1 fully saturated rings. The van der Waals surface area contributed by atoms with Gasteiger partial charge < -0.3 is 10.1 Å². The normalized spacial score (nSPS) is 17.6. The minimum Gasteiger partial charge on any atom is -0.375 e. The Hall–Kier alpha value is -0.890. The number of benzene rings is 1. The van der Waals surface area contributed by atoms with E-state index < -0.39 is 0 Å². The molecule has 0 aliphatic carbocycles. The summed E-state index contributed by atoms with van der Waals surface area (Å²) in [5.74, 6) is 0. The monoisotopic (exact) mass is 280 g/mol. The maximum Gasteiger partial charge on any atom is 0.0991 e. The molecule has 1 aromatic rings. The lowest BCUT2D eigenvalue weighted by atomic mass is 9.88. The maximum atomic E-state index is 8.87. The van der Waals surface area contributed by atoms with Crippen molar-refractivity contribution in [1.82, 2.24) is 5.32 Å². The molecular weight excluding hydrogens is 268 g/mol. The highest BCUT2D eigenvalue weighted by Crippen LogP contribution is 2.27. The topological polar surface area (TPSA) is 45.0 Å². The van der Waals surface area contributed by atoms with Crippen molar-refractivity contribution in [1.29, 1.82) is 5.26 Å². The second kappa shape index (κ2) is 4.54. The van der Waals surface area contributed by atoms with Crippen LogP contribution in [-0.4, -0.2) is 25.8 Å². The van der Waals surface area contributed by atoms with Crippen LogP contribution in [0.5, 0.6) is 0 Å². The van der Waals surface area contributed by atoms with E-state index in [1.807, 2.05) is 18.2 Å². The predicted molar refractivity (Wildman–Crippen MR) is 65.2 cm³/mol. The summed E-state index contributed by atoms with van der Waals surface area (Å²) in [6.45, 7) is 1.74. The Labute approximate surface area is 104 Å². The van der Waals surface area contributed by atoms with E-state index in [2.05, 4.69) is 27.3 Å². The van der Waals surface area contributed by atoms with Crippen molar-refractivity contribution < 1.29 is 4.74 Å². The summed E-state index contributed by atoms with van der Waals surface area (Å²) in [6.07, 6.45) is 0.826. The second-order valence-electron chi connectivity index (χ2n) is 4.09. The number of nitrogens with zero attached hydrogens (tertiary/aromatic N) is 1. The van der Waals surface area contributed by atoms with E-state index in [0.29, 0.717) is 5.56 Å². The van der Waals surface area contributed by atoms with Crippen LogP contribution in [0.25, 0.3) is 0 Å². The summed E-state index contributed by atoms with van der Waals surface area (Å²) in [5, 5.41) is 12.1. The SMILES string of the molecule is COC1(Cc2cc(C#N)ccc2Br)CNC1. The van der Waals surface area contributed by atoms with E-state index in [1.165, 1.54) is 0 Å². The van der Waals surface area contributed by atoms with E-state index >= 15 is 0 Å². The summed E-state index contributed by atoms with van der Waals surface area (Å²) in [4.78, 5) is 0. The quantitative estimate of drug-likeness (QED) is 0.919.